The Morgan fingerprint density at radius 2 is 1.63 bits per heavy atom. The van der Waals surface area contributed by atoms with Crippen LogP contribution in [0.5, 0.6) is 0 Å². The fourth-order valence-electron chi connectivity index (χ4n) is 2.35. The van der Waals surface area contributed by atoms with E-state index in [1.165, 1.54) is 0 Å². The number of aromatic nitrogens is 1. The number of nitrogens with one attached hydrogen (secondary N) is 2. The molecule has 0 radical (unpaired) electrons. The minimum Gasteiger partial charge on any atom is -0.364 e. The molecule has 0 aromatic carbocycles. The molecule has 19 heavy (non-hydrogen) atoms. The molecule has 1 aromatic heterocycles. The molecule has 0 saturated heterocycles. The first-order valence-corrected chi connectivity index (χ1v) is 6.90. The molecule has 1 aromatic rings. The van der Waals surface area contributed by atoms with Gasteiger partial charge >= 0.3 is 0 Å². The second kappa shape index (κ2) is 5.73. The molecule has 0 atom stereocenters. The summed E-state index contributed by atoms with van der Waals surface area (Å²) in [6.07, 6.45) is 0.964. The first kappa shape index (κ1) is 16.3. The fraction of sp³-hybridized carbons (Fsp3) is 0.615. The van der Waals surface area contributed by atoms with Crippen molar-refractivity contribution in [3.05, 3.63) is 16.1 Å². The summed E-state index contributed by atoms with van der Waals surface area (Å²) in [5.74, 6) is 6.35. The molecule has 0 spiro atoms. The van der Waals surface area contributed by atoms with Gasteiger partial charge in [0.15, 0.2) is 5.82 Å². The first-order chi connectivity index (χ1) is 8.54. The number of hydrogen-bond acceptors (Lipinski definition) is 4. The van der Waals surface area contributed by atoms with Crippen LogP contribution >= 0.6 is 23.2 Å². The Morgan fingerprint density at radius 3 is 2.11 bits per heavy atom. The van der Waals surface area contributed by atoms with Crippen molar-refractivity contribution in [2.24, 2.45) is 11.3 Å². The lowest BCUT2D eigenvalue weighted by Crippen LogP contribution is -2.36. The van der Waals surface area contributed by atoms with Crippen LogP contribution in [0.1, 0.15) is 41.0 Å². The van der Waals surface area contributed by atoms with Crippen molar-refractivity contribution in [1.29, 1.82) is 0 Å². The number of nitrogen functional groups attached to an aromatic ring is 1. The predicted molar refractivity (Wildman–Crippen MR) is 83.8 cm³/mol. The average Bonchev–Trinajstić information content (AvgIpc) is 2.18. The number of nitrogens with zero attached hydrogens (tertiary/aromatic N) is 1. The van der Waals surface area contributed by atoms with E-state index in [4.69, 9.17) is 29.0 Å². The minimum absolute atomic E-state index is 0.144. The quantitative estimate of drug-likeness (QED) is 0.573. The summed E-state index contributed by atoms with van der Waals surface area (Å²) in [6.45, 7) is 10.8. The van der Waals surface area contributed by atoms with Crippen LogP contribution in [0.25, 0.3) is 0 Å². The summed E-state index contributed by atoms with van der Waals surface area (Å²) >= 11 is 12.1. The molecule has 4 N–H and O–H groups in total. The summed E-state index contributed by atoms with van der Waals surface area (Å²) in [5, 5.41) is 4.22. The third-order valence-corrected chi connectivity index (χ3v) is 3.07. The molecule has 4 nitrogen and oxygen atoms in total. The number of anilines is 2. The summed E-state index contributed by atoms with van der Waals surface area (Å²) < 4.78 is 0. The van der Waals surface area contributed by atoms with Gasteiger partial charge in [0.25, 0.3) is 0 Å². The van der Waals surface area contributed by atoms with E-state index in [2.05, 4.69) is 50.3 Å². The van der Waals surface area contributed by atoms with Crippen LogP contribution in [-0.4, -0.2) is 10.5 Å². The molecule has 0 saturated carbocycles. The van der Waals surface area contributed by atoms with Crippen LogP contribution in [0.4, 0.5) is 11.6 Å². The van der Waals surface area contributed by atoms with Crippen LogP contribution in [0.3, 0.4) is 0 Å². The second-order valence-corrected chi connectivity index (χ2v) is 7.35. The van der Waals surface area contributed by atoms with Gasteiger partial charge in [-0.1, -0.05) is 44.0 Å². The van der Waals surface area contributed by atoms with Gasteiger partial charge in [-0.15, -0.1) is 0 Å². The SMILES string of the molecule is CC(C)(C)CC(C)(C)Nc1nc(NN)c(Cl)cc1Cl. The standard InChI is InChI=1S/C13H22Cl2N4/c1-12(2,3)7-13(4,5)18-10-8(14)6-9(15)11(17-10)19-16/h6H,7,16H2,1-5H3,(H2,17,18,19). The molecular weight excluding hydrogens is 283 g/mol. The Morgan fingerprint density at radius 1 is 1.11 bits per heavy atom. The second-order valence-electron chi connectivity index (χ2n) is 6.54. The highest BCUT2D eigenvalue weighted by Crippen LogP contribution is 2.33. The number of rotatable bonds is 4. The topological polar surface area (TPSA) is 63.0 Å². The van der Waals surface area contributed by atoms with E-state index in [-0.39, 0.29) is 11.0 Å². The molecule has 0 unspecified atom stereocenters. The highest BCUT2D eigenvalue weighted by Gasteiger charge is 2.26. The Hall–Kier alpha value is -0.710. The number of pyridine rings is 1. The van der Waals surface area contributed by atoms with E-state index in [0.29, 0.717) is 21.7 Å². The van der Waals surface area contributed by atoms with E-state index in [0.717, 1.165) is 6.42 Å². The monoisotopic (exact) mass is 304 g/mol. The highest BCUT2D eigenvalue weighted by molar-refractivity contribution is 6.37. The van der Waals surface area contributed by atoms with Crippen LogP contribution < -0.4 is 16.6 Å². The van der Waals surface area contributed by atoms with Crippen LogP contribution in [0.2, 0.25) is 10.0 Å². The lowest BCUT2D eigenvalue weighted by atomic mass is 9.82. The first-order valence-electron chi connectivity index (χ1n) is 6.15. The van der Waals surface area contributed by atoms with Gasteiger partial charge in [-0.25, -0.2) is 10.8 Å². The lowest BCUT2D eigenvalue weighted by Gasteiger charge is -2.34. The summed E-state index contributed by atoms with van der Waals surface area (Å²) in [4.78, 5) is 4.29. The van der Waals surface area contributed by atoms with Gasteiger partial charge in [-0.05, 0) is 31.7 Å². The smallest absolute Gasteiger partial charge is 0.161 e. The zero-order valence-electron chi connectivity index (χ0n) is 12.1. The minimum atomic E-state index is -0.144. The Labute approximate surface area is 125 Å². The van der Waals surface area contributed by atoms with E-state index in [1.807, 2.05) is 0 Å². The summed E-state index contributed by atoms with van der Waals surface area (Å²) in [5.41, 5.74) is 2.51. The maximum absolute atomic E-state index is 6.16. The molecule has 108 valence electrons. The van der Waals surface area contributed by atoms with Crippen molar-refractivity contribution in [2.75, 3.05) is 10.7 Å². The van der Waals surface area contributed by atoms with Gasteiger partial charge < -0.3 is 10.7 Å². The maximum Gasteiger partial charge on any atom is 0.161 e. The maximum atomic E-state index is 6.16. The van der Waals surface area contributed by atoms with Gasteiger partial charge in [0.2, 0.25) is 0 Å². The lowest BCUT2D eigenvalue weighted by molar-refractivity contribution is 0.302. The summed E-state index contributed by atoms with van der Waals surface area (Å²) in [6, 6.07) is 1.63. The molecule has 0 aliphatic rings. The van der Waals surface area contributed by atoms with E-state index >= 15 is 0 Å². The van der Waals surface area contributed by atoms with E-state index in [1.54, 1.807) is 6.07 Å². The molecule has 1 heterocycles. The highest BCUT2D eigenvalue weighted by atomic mass is 35.5. The van der Waals surface area contributed by atoms with Crippen molar-refractivity contribution in [2.45, 2.75) is 46.6 Å². The van der Waals surface area contributed by atoms with Gasteiger partial charge in [0, 0.05) is 5.54 Å². The fourth-order valence-corrected chi connectivity index (χ4v) is 2.81. The largest absolute Gasteiger partial charge is 0.364 e. The normalized spacial score (nSPS) is 12.4. The molecule has 0 fully saturated rings. The van der Waals surface area contributed by atoms with Crippen molar-refractivity contribution in [3.8, 4) is 0 Å². The van der Waals surface area contributed by atoms with Gasteiger partial charge in [-0.3, -0.25) is 0 Å². The Bertz CT molecular complexity index is 453. The number of hydrogen-bond donors (Lipinski definition) is 3. The zero-order chi connectivity index (χ0) is 14.8. The van der Waals surface area contributed by atoms with Crippen LogP contribution in [0, 0.1) is 5.41 Å². The zero-order valence-corrected chi connectivity index (χ0v) is 13.6. The molecule has 0 aliphatic carbocycles. The number of halogens is 2. The van der Waals surface area contributed by atoms with Gasteiger partial charge in [0.1, 0.15) is 5.82 Å². The molecule has 6 heteroatoms. The van der Waals surface area contributed by atoms with Crippen molar-refractivity contribution < 1.29 is 0 Å². The van der Waals surface area contributed by atoms with E-state index < -0.39 is 0 Å². The van der Waals surface area contributed by atoms with Gasteiger partial charge in [-0.2, -0.15) is 0 Å². The van der Waals surface area contributed by atoms with Gasteiger partial charge in [0.05, 0.1) is 10.0 Å². The molecule has 0 aliphatic heterocycles. The molecule has 0 amide bonds. The van der Waals surface area contributed by atoms with Crippen LogP contribution in [-0.2, 0) is 0 Å². The third kappa shape index (κ3) is 5.05. The molecule has 1 rings (SSSR count). The third-order valence-electron chi connectivity index (χ3n) is 2.50. The molecular formula is C13H22Cl2N4. The van der Waals surface area contributed by atoms with Crippen molar-refractivity contribution in [1.82, 2.24) is 4.98 Å². The predicted octanol–water partition coefficient (Wildman–Crippen LogP) is 4.30. The number of hydrazine groups is 1. The van der Waals surface area contributed by atoms with Crippen molar-refractivity contribution in [3.63, 3.8) is 0 Å². The Kier molecular flexibility index (Phi) is 4.93. The Balaban J connectivity index is 2.99. The average molecular weight is 305 g/mol. The van der Waals surface area contributed by atoms with Crippen LogP contribution in [0.15, 0.2) is 6.07 Å². The number of nitrogens with two attached hydrogens (primary N) is 1. The van der Waals surface area contributed by atoms with E-state index in [9.17, 15) is 0 Å². The summed E-state index contributed by atoms with van der Waals surface area (Å²) in [7, 11) is 0. The van der Waals surface area contributed by atoms with Crippen molar-refractivity contribution >= 4 is 34.8 Å². The molecule has 0 bridgehead atoms.